The molecular weight excluding hydrogens is 496 g/mol. The first-order chi connectivity index (χ1) is 19.4. The van der Waals surface area contributed by atoms with Gasteiger partial charge in [-0.25, -0.2) is 4.79 Å². The van der Waals surface area contributed by atoms with Crippen LogP contribution in [0.4, 0.5) is 0 Å². The smallest absolute Gasteiger partial charge is 0.318 e. The molecule has 1 aromatic heterocycles. The molecule has 1 aliphatic heterocycles. The largest absolute Gasteiger partial charge is 0.335 e. The van der Waals surface area contributed by atoms with Crippen LogP contribution < -0.4 is 0 Å². The number of piperazine rings is 1. The van der Waals surface area contributed by atoms with E-state index in [1.807, 2.05) is 6.20 Å². The fraction of sp³-hybridized carbons (Fsp3) is 0.676. The highest BCUT2D eigenvalue weighted by Crippen LogP contribution is 2.66. The van der Waals surface area contributed by atoms with E-state index in [9.17, 15) is 4.79 Å². The molecule has 4 aliphatic carbocycles. The number of nitrogens with zero attached hydrogens (tertiary/aromatic N) is 4. The molecule has 40 heavy (non-hydrogen) atoms. The summed E-state index contributed by atoms with van der Waals surface area (Å²) in [5, 5.41) is 4.35. The van der Waals surface area contributed by atoms with E-state index in [-0.39, 0.29) is 16.8 Å². The molecule has 0 radical (unpaired) electrons. The Labute approximate surface area is 240 Å². The Morgan fingerprint density at radius 3 is 2.73 bits per heavy atom. The van der Waals surface area contributed by atoms with Gasteiger partial charge in [-0.15, -0.1) is 0 Å². The number of likely N-dealkylation sites (N-methyl/N-ethyl adjacent to an activating group) is 1. The van der Waals surface area contributed by atoms with Crippen molar-refractivity contribution in [3.05, 3.63) is 47.8 Å². The molecule has 0 unspecified atom stereocenters. The van der Waals surface area contributed by atoms with Gasteiger partial charge >= 0.3 is 5.97 Å². The quantitative estimate of drug-likeness (QED) is 0.227. The molecule has 1 aromatic rings. The number of aromatic nitrogens is 1. The second-order valence-electron chi connectivity index (χ2n) is 13.7. The number of pyridine rings is 1. The SMILES string of the molecule is CN1CCN(CCCCC(=O)ON=C2C=C3CC[C@H]4[C@H](CC[C@]5(C)C(c6cccnc6)=CC[C@@H]45)[C@@]3(C)CC2)CC1. The lowest BCUT2D eigenvalue weighted by Crippen LogP contribution is -2.49. The Bertz CT molecular complexity index is 1170. The molecule has 216 valence electrons. The van der Waals surface area contributed by atoms with E-state index in [1.54, 1.807) is 5.57 Å². The second kappa shape index (κ2) is 11.5. The van der Waals surface area contributed by atoms with Crippen molar-refractivity contribution in [1.29, 1.82) is 0 Å². The average molecular weight is 545 g/mol. The molecule has 0 N–H and O–H groups in total. The van der Waals surface area contributed by atoms with Gasteiger partial charge in [0.1, 0.15) is 0 Å². The van der Waals surface area contributed by atoms with E-state index in [4.69, 9.17) is 4.84 Å². The molecule has 5 aliphatic rings. The van der Waals surface area contributed by atoms with Crippen LogP contribution in [0.25, 0.3) is 5.57 Å². The van der Waals surface area contributed by atoms with E-state index in [0.717, 1.165) is 88.3 Å². The van der Waals surface area contributed by atoms with E-state index in [0.29, 0.717) is 6.42 Å². The number of rotatable bonds is 7. The zero-order chi connectivity index (χ0) is 27.7. The molecular formula is C34H48N4O2. The van der Waals surface area contributed by atoms with E-state index in [2.05, 4.69) is 71.3 Å². The van der Waals surface area contributed by atoms with Crippen molar-refractivity contribution in [2.45, 2.75) is 78.1 Å². The average Bonchev–Trinajstić information content (AvgIpc) is 3.33. The number of unbranched alkanes of at least 4 members (excludes halogenated alkanes) is 1. The van der Waals surface area contributed by atoms with Crippen LogP contribution in [-0.4, -0.2) is 66.2 Å². The van der Waals surface area contributed by atoms with Crippen molar-refractivity contribution >= 4 is 17.3 Å². The van der Waals surface area contributed by atoms with Crippen LogP contribution in [0.1, 0.15) is 83.6 Å². The summed E-state index contributed by atoms with van der Waals surface area (Å²) in [6.07, 6.45) is 19.3. The van der Waals surface area contributed by atoms with Crippen molar-refractivity contribution in [3.8, 4) is 0 Å². The standard InChI is InChI=1S/C34H48N4O2/c1-33-15-13-27(36-40-32(39)8-4-5-18-38-21-19-37(3)20-22-38)23-26(33)9-10-28-30-12-11-29(25-7-6-17-35-24-25)34(30,2)16-14-31(28)33/h6-7,11,17,23-24,28,30-31H,4-5,8-10,12-16,18-22H2,1-3H3/t28-,30+,31+,33+,34-/m1/s1. The van der Waals surface area contributed by atoms with Crippen LogP contribution in [0.15, 0.2) is 47.4 Å². The molecule has 6 rings (SSSR count). The van der Waals surface area contributed by atoms with Crippen molar-refractivity contribution in [1.82, 2.24) is 14.8 Å². The molecule has 2 heterocycles. The van der Waals surface area contributed by atoms with Gasteiger partial charge in [0.15, 0.2) is 0 Å². The minimum absolute atomic E-state index is 0.189. The number of carbonyl (C=O) groups is 1. The highest BCUT2D eigenvalue weighted by atomic mass is 16.7. The predicted molar refractivity (Wildman–Crippen MR) is 161 cm³/mol. The Hall–Kier alpha value is -2.31. The van der Waals surface area contributed by atoms with Crippen molar-refractivity contribution < 1.29 is 9.63 Å². The number of oxime groups is 1. The summed E-state index contributed by atoms with van der Waals surface area (Å²) in [4.78, 5) is 27.1. The molecule has 0 bridgehead atoms. The van der Waals surface area contributed by atoms with Gasteiger partial charge in [-0.2, -0.15) is 0 Å². The van der Waals surface area contributed by atoms with Crippen molar-refractivity contribution in [2.75, 3.05) is 39.8 Å². The molecule has 0 spiro atoms. The summed E-state index contributed by atoms with van der Waals surface area (Å²) in [7, 11) is 2.18. The Morgan fingerprint density at radius 2 is 1.93 bits per heavy atom. The molecule has 5 atom stereocenters. The van der Waals surface area contributed by atoms with Gasteiger partial charge in [-0.05, 0) is 123 Å². The fourth-order valence-corrected chi connectivity index (χ4v) is 9.01. The van der Waals surface area contributed by atoms with E-state index < -0.39 is 0 Å². The summed E-state index contributed by atoms with van der Waals surface area (Å²) < 4.78 is 0. The fourth-order valence-electron chi connectivity index (χ4n) is 9.01. The predicted octanol–water partition coefficient (Wildman–Crippen LogP) is 6.35. The van der Waals surface area contributed by atoms with Gasteiger partial charge in [0.25, 0.3) is 0 Å². The van der Waals surface area contributed by atoms with Gasteiger partial charge in [-0.3, -0.25) is 4.98 Å². The lowest BCUT2D eigenvalue weighted by Gasteiger charge is -2.58. The monoisotopic (exact) mass is 544 g/mol. The first kappa shape index (κ1) is 27.8. The molecule has 1 saturated heterocycles. The van der Waals surface area contributed by atoms with Gasteiger partial charge < -0.3 is 14.6 Å². The topological polar surface area (TPSA) is 58.0 Å². The minimum atomic E-state index is -0.189. The maximum absolute atomic E-state index is 12.4. The van der Waals surface area contributed by atoms with Gasteiger partial charge in [0.05, 0.1) is 5.71 Å². The van der Waals surface area contributed by atoms with E-state index in [1.165, 1.54) is 36.8 Å². The molecule has 2 saturated carbocycles. The summed E-state index contributed by atoms with van der Waals surface area (Å²) in [5.74, 6) is 2.04. The van der Waals surface area contributed by atoms with Crippen LogP contribution >= 0.6 is 0 Å². The molecule has 3 fully saturated rings. The second-order valence-corrected chi connectivity index (χ2v) is 13.7. The number of carbonyl (C=O) groups excluding carboxylic acids is 1. The summed E-state index contributed by atoms with van der Waals surface area (Å²) in [5.41, 5.74) is 5.86. The first-order valence-corrected chi connectivity index (χ1v) is 15.9. The van der Waals surface area contributed by atoms with Crippen molar-refractivity contribution in [2.24, 2.45) is 33.7 Å². The summed E-state index contributed by atoms with van der Waals surface area (Å²) >= 11 is 0. The Kier molecular flexibility index (Phi) is 8.02. The molecule has 0 aromatic carbocycles. The number of fused-ring (bicyclic) bond motifs is 5. The summed E-state index contributed by atoms with van der Waals surface area (Å²) in [6.45, 7) is 10.7. The maximum atomic E-state index is 12.4. The number of hydrogen-bond acceptors (Lipinski definition) is 6. The van der Waals surface area contributed by atoms with Crippen LogP contribution in [0.2, 0.25) is 0 Å². The number of allylic oxidation sites excluding steroid dienone is 4. The van der Waals surface area contributed by atoms with Crippen LogP contribution in [0.5, 0.6) is 0 Å². The lowest BCUT2D eigenvalue weighted by atomic mass is 9.46. The highest BCUT2D eigenvalue weighted by Gasteiger charge is 2.57. The first-order valence-electron chi connectivity index (χ1n) is 15.9. The summed E-state index contributed by atoms with van der Waals surface area (Å²) in [6, 6.07) is 4.32. The zero-order valence-electron chi connectivity index (χ0n) is 24.9. The van der Waals surface area contributed by atoms with Crippen LogP contribution in [0, 0.1) is 28.6 Å². The van der Waals surface area contributed by atoms with Gasteiger partial charge in [0, 0.05) is 45.0 Å². The third-order valence-corrected chi connectivity index (χ3v) is 11.5. The van der Waals surface area contributed by atoms with Crippen LogP contribution in [-0.2, 0) is 9.63 Å². The third kappa shape index (κ3) is 5.34. The van der Waals surface area contributed by atoms with Gasteiger partial charge in [-0.1, -0.05) is 36.7 Å². The van der Waals surface area contributed by atoms with Crippen molar-refractivity contribution in [3.63, 3.8) is 0 Å². The zero-order valence-corrected chi connectivity index (χ0v) is 24.9. The van der Waals surface area contributed by atoms with Gasteiger partial charge in [0.2, 0.25) is 0 Å². The Morgan fingerprint density at radius 1 is 1.07 bits per heavy atom. The lowest BCUT2D eigenvalue weighted by molar-refractivity contribution is -0.143. The highest BCUT2D eigenvalue weighted by molar-refractivity contribution is 5.96. The molecule has 6 heteroatoms. The minimum Gasteiger partial charge on any atom is -0.318 e. The number of hydrogen-bond donors (Lipinski definition) is 0. The third-order valence-electron chi connectivity index (χ3n) is 11.5. The Balaban J connectivity index is 1.03. The van der Waals surface area contributed by atoms with E-state index >= 15 is 0 Å². The molecule has 0 amide bonds. The normalized spacial score (nSPS) is 35.4. The van der Waals surface area contributed by atoms with Crippen LogP contribution in [0.3, 0.4) is 0 Å². The molecule has 6 nitrogen and oxygen atoms in total. The maximum Gasteiger partial charge on any atom is 0.335 e.